The fourth-order valence-corrected chi connectivity index (χ4v) is 3.62. The largest absolute Gasteiger partial charge is 0.444 e. The molecule has 0 saturated carbocycles. The van der Waals surface area contributed by atoms with Crippen molar-refractivity contribution in [3.8, 4) is 0 Å². The maximum atomic E-state index is 5.76. The fourth-order valence-electron chi connectivity index (χ4n) is 3.62. The van der Waals surface area contributed by atoms with E-state index in [0.29, 0.717) is 0 Å². The van der Waals surface area contributed by atoms with Gasteiger partial charge in [0.05, 0.1) is 12.7 Å². The first kappa shape index (κ1) is 16.0. The SMILES string of the molecule is CCc1cnc(CN2CCCC(CN3CCN(C)CC3)C2)o1. The molecule has 0 amide bonds. The van der Waals surface area contributed by atoms with E-state index >= 15 is 0 Å². The summed E-state index contributed by atoms with van der Waals surface area (Å²) in [5, 5.41) is 0. The zero-order valence-corrected chi connectivity index (χ0v) is 14.1. The Morgan fingerprint density at radius 1 is 1.18 bits per heavy atom. The molecule has 5 nitrogen and oxygen atoms in total. The van der Waals surface area contributed by atoms with E-state index in [0.717, 1.165) is 30.5 Å². The lowest BCUT2D eigenvalue weighted by Gasteiger charge is -2.38. The van der Waals surface area contributed by atoms with Gasteiger partial charge in [-0.2, -0.15) is 0 Å². The molecule has 0 aromatic carbocycles. The molecule has 124 valence electrons. The lowest BCUT2D eigenvalue weighted by atomic mass is 9.97. The summed E-state index contributed by atoms with van der Waals surface area (Å²) in [6, 6.07) is 0. The molecule has 0 spiro atoms. The Bertz CT molecular complexity index is 453. The molecule has 0 aliphatic carbocycles. The van der Waals surface area contributed by atoms with Crippen molar-refractivity contribution in [3.63, 3.8) is 0 Å². The molecule has 3 heterocycles. The van der Waals surface area contributed by atoms with Crippen molar-refractivity contribution in [3.05, 3.63) is 17.8 Å². The Kier molecular flexibility index (Phi) is 5.50. The van der Waals surface area contributed by atoms with Crippen LogP contribution in [0.4, 0.5) is 0 Å². The van der Waals surface area contributed by atoms with Crippen molar-refractivity contribution in [1.82, 2.24) is 19.7 Å². The monoisotopic (exact) mass is 306 g/mol. The van der Waals surface area contributed by atoms with Gasteiger partial charge in [0.25, 0.3) is 0 Å². The highest BCUT2D eigenvalue weighted by Crippen LogP contribution is 2.20. The third kappa shape index (κ3) is 4.31. The molecule has 1 atom stereocenters. The lowest BCUT2D eigenvalue weighted by Crippen LogP contribution is -2.48. The third-order valence-corrected chi connectivity index (χ3v) is 5.02. The van der Waals surface area contributed by atoms with Crippen LogP contribution in [0.25, 0.3) is 0 Å². The van der Waals surface area contributed by atoms with Crippen LogP contribution < -0.4 is 0 Å². The summed E-state index contributed by atoms with van der Waals surface area (Å²) in [4.78, 5) is 12.0. The number of aryl methyl sites for hydroxylation is 1. The summed E-state index contributed by atoms with van der Waals surface area (Å²) < 4.78 is 5.76. The number of piperazine rings is 1. The molecule has 22 heavy (non-hydrogen) atoms. The summed E-state index contributed by atoms with van der Waals surface area (Å²) in [6.07, 6.45) is 5.48. The zero-order valence-electron chi connectivity index (χ0n) is 14.1. The van der Waals surface area contributed by atoms with Gasteiger partial charge in [-0.25, -0.2) is 4.98 Å². The van der Waals surface area contributed by atoms with Crippen LogP contribution in [-0.2, 0) is 13.0 Å². The van der Waals surface area contributed by atoms with Gasteiger partial charge in [0.1, 0.15) is 5.76 Å². The molecule has 2 saturated heterocycles. The predicted molar refractivity (Wildman–Crippen MR) is 87.8 cm³/mol. The number of aromatic nitrogens is 1. The zero-order chi connectivity index (χ0) is 15.4. The summed E-state index contributed by atoms with van der Waals surface area (Å²) in [6.45, 7) is 11.5. The molecular formula is C17H30N4O. The number of oxazole rings is 1. The second-order valence-electron chi connectivity index (χ2n) is 6.92. The van der Waals surface area contributed by atoms with E-state index in [1.54, 1.807) is 0 Å². The minimum atomic E-state index is 0.803. The Morgan fingerprint density at radius 3 is 2.73 bits per heavy atom. The molecule has 2 fully saturated rings. The third-order valence-electron chi connectivity index (χ3n) is 5.02. The lowest BCUT2D eigenvalue weighted by molar-refractivity contribution is 0.0928. The Labute approximate surface area is 134 Å². The van der Waals surface area contributed by atoms with Gasteiger partial charge in [-0.3, -0.25) is 4.90 Å². The molecule has 2 aliphatic rings. The normalized spacial score (nSPS) is 25.6. The van der Waals surface area contributed by atoms with Crippen LogP contribution in [0.2, 0.25) is 0 Å². The van der Waals surface area contributed by atoms with E-state index in [9.17, 15) is 0 Å². The van der Waals surface area contributed by atoms with Gasteiger partial charge >= 0.3 is 0 Å². The van der Waals surface area contributed by atoms with Crippen molar-refractivity contribution in [2.45, 2.75) is 32.7 Å². The predicted octanol–water partition coefficient (Wildman–Crippen LogP) is 1.70. The standard InChI is InChI=1S/C17H30N4O/c1-3-16-11-18-17(22-16)14-21-6-4-5-15(13-21)12-20-9-7-19(2)8-10-20/h11,15H,3-10,12-14H2,1-2H3. The maximum Gasteiger partial charge on any atom is 0.208 e. The molecule has 1 aromatic heterocycles. The topological polar surface area (TPSA) is 35.8 Å². The molecule has 0 radical (unpaired) electrons. The Morgan fingerprint density at radius 2 is 2.00 bits per heavy atom. The Balaban J connectivity index is 1.46. The highest BCUT2D eigenvalue weighted by molar-refractivity contribution is 4.94. The number of likely N-dealkylation sites (N-methyl/N-ethyl adjacent to an activating group) is 1. The molecule has 1 aromatic rings. The molecule has 0 bridgehead atoms. The Hall–Kier alpha value is -0.910. The van der Waals surface area contributed by atoms with Gasteiger partial charge in [0, 0.05) is 45.7 Å². The summed E-state index contributed by atoms with van der Waals surface area (Å²) in [5.74, 6) is 2.69. The van der Waals surface area contributed by atoms with Crippen LogP contribution in [0.5, 0.6) is 0 Å². The smallest absolute Gasteiger partial charge is 0.208 e. The average Bonchev–Trinajstić information content (AvgIpc) is 2.98. The van der Waals surface area contributed by atoms with Gasteiger partial charge in [-0.05, 0) is 32.4 Å². The van der Waals surface area contributed by atoms with Crippen LogP contribution in [0.15, 0.2) is 10.6 Å². The van der Waals surface area contributed by atoms with Crippen molar-refractivity contribution in [2.24, 2.45) is 5.92 Å². The second-order valence-corrected chi connectivity index (χ2v) is 6.92. The van der Waals surface area contributed by atoms with Crippen molar-refractivity contribution < 1.29 is 4.42 Å². The summed E-state index contributed by atoms with van der Waals surface area (Å²) >= 11 is 0. The van der Waals surface area contributed by atoms with E-state index < -0.39 is 0 Å². The first-order valence-corrected chi connectivity index (χ1v) is 8.79. The summed E-state index contributed by atoms with van der Waals surface area (Å²) in [7, 11) is 2.22. The van der Waals surface area contributed by atoms with E-state index in [1.165, 1.54) is 58.7 Å². The van der Waals surface area contributed by atoms with Crippen molar-refractivity contribution >= 4 is 0 Å². The van der Waals surface area contributed by atoms with Gasteiger partial charge in [0.2, 0.25) is 5.89 Å². The van der Waals surface area contributed by atoms with Gasteiger partial charge in [-0.1, -0.05) is 6.92 Å². The summed E-state index contributed by atoms with van der Waals surface area (Å²) in [5.41, 5.74) is 0. The minimum Gasteiger partial charge on any atom is -0.444 e. The van der Waals surface area contributed by atoms with E-state index in [-0.39, 0.29) is 0 Å². The van der Waals surface area contributed by atoms with Gasteiger partial charge < -0.3 is 14.2 Å². The molecule has 0 N–H and O–H groups in total. The maximum absolute atomic E-state index is 5.76. The number of nitrogens with zero attached hydrogens (tertiary/aromatic N) is 4. The molecule has 3 rings (SSSR count). The first-order chi connectivity index (χ1) is 10.7. The number of hydrogen-bond acceptors (Lipinski definition) is 5. The average molecular weight is 306 g/mol. The number of hydrogen-bond donors (Lipinski definition) is 0. The van der Waals surface area contributed by atoms with Gasteiger partial charge in [-0.15, -0.1) is 0 Å². The number of likely N-dealkylation sites (tertiary alicyclic amines) is 1. The van der Waals surface area contributed by atoms with E-state index in [1.807, 2.05) is 6.20 Å². The van der Waals surface area contributed by atoms with Crippen molar-refractivity contribution in [2.75, 3.05) is 52.9 Å². The van der Waals surface area contributed by atoms with Crippen LogP contribution in [-0.4, -0.2) is 72.5 Å². The first-order valence-electron chi connectivity index (χ1n) is 8.79. The second kappa shape index (κ2) is 7.57. The van der Waals surface area contributed by atoms with Gasteiger partial charge in [0.15, 0.2) is 0 Å². The van der Waals surface area contributed by atoms with Crippen LogP contribution in [0.3, 0.4) is 0 Å². The van der Waals surface area contributed by atoms with Crippen LogP contribution >= 0.6 is 0 Å². The molecule has 5 heteroatoms. The van der Waals surface area contributed by atoms with Crippen LogP contribution in [0, 0.1) is 5.92 Å². The molecule has 2 aliphatic heterocycles. The quantitative estimate of drug-likeness (QED) is 0.827. The molecular weight excluding hydrogens is 276 g/mol. The van der Waals surface area contributed by atoms with E-state index in [4.69, 9.17) is 4.42 Å². The number of rotatable bonds is 5. The molecule has 1 unspecified atom stereocenters. The fraction of sp³-hybridized carbons (Fsp3) is 0.824. The highest BCUT2D eigenvalue weighted by Gasteiger charge is 2.24. The minimum absolute atomic E-state index is 0.803. The van der Waals surface area contributed by atoms with E-state index in [2.05, 4.69) is 33.7 Å². The highest BCUT2D eigenvalue weighted by atomic mass is 16.4. The van der Waals surface area contributed by atoms with Crippen molar-refractivity contribution in [1.29, 1.82) is 0 Å². The number of piperidine rings is 1. The van der Waals surface area contributed by atoms with Crippen LogP contribution in [0.1, 0.15) is 31.4 Å².